The SMILES string of the molecule is CCN(CC)S(=O)(=O)N1CCN(C(=O)COc2ccc(C(N)=O)cc2)CC1. The number of hydrogen-bond donors (Lipinski definition) is 1. The van der Waals surface area contributed by atoms with Crippen LogP contribution in [0.25, 0.3) is 0 Å². The van der Waals surface area contributed by atoms with Gasteiger partial charge in [-0.15, -0.1) is 0 Å². The zero-order valence-electron chi connectivity index (χ0n) is 15.6. The molecule has 1 saturated heterocycles. The second-order valence-electron chi connectivity index (χ2n) is 6.05. The van der Waals surface area contributed by atoms with Crippen LogP contribution >= 0.6 is 0 Å². The molecule has 2 N–H and O–H groups in total. The second-order valence-corrected chi connectivity index (χ2v) is 7.98. The first kappa shape index (κ1) is 21.1. The normalized spacial score (nSPS) is 15.7. The molecule has 0 spiro atoms. The molecular formula is C17H26N4O5S. The van der Waals surface area contributed by atoms with E-state index in [4.69, 9.17) is 10.5 Å². The first-order chi connectivity index (χ1) is 12.8. The Morgan fingerprint density at radius 2 is 1.63 bits per heavy atom. The van der Waals surface area contributed by atoms with E-state index in [1.54, 1.807) is 30.9 Å². The third-order valence-corrected chi connectivity index (χ3v) is 6.64. The number of amides is 2. The van der Waals surface area contributed by atoms with Crippen molar-refractivity contribution in [2.45, 2.75) is 13.8 Å². The molecule has 0 bridgehead atoms. The minimum absolute atomic E-state index is 0.154. The van der Waals surface area contributed by atoms with Gasteiger partial charge in [0.15, 0.2) is 6.61 Å². The molecule has 2 amide bonds. The van der Waals surface area contributed by atoms with Crippen molar-refractivity contribution in [3.05, 3.63) is 29.8 Å². The Kier molecular flexibility index (Phi) is 7.17. The molecule has 27 heavy (non-hydrogen) atoms. The Morgan fingerprint density at radius 1 is 1.07 bits per heavy atom. The van der Waals surface area contributed by atoms with Crippen molar-refractivity contribution in [2.75, 3.05) is 45.9 Å². The van der Waals surface area contributed by atoms with Gasteiger partial charge in [-0.05, 0) is 24.3 Å². The van der Waals surface area contributed by atoms with Crippen molar-refractivity contribution in [2.24, 2.45) is 5.73 Å². The number of carbonyl (C=O) groups is 2. The summed E-state index contributed by atoms with van der Waals surface area (Å²) < 4.78 is 33.3. The molecule has 0 aromatic heterocycles. The maximum Gasteiger partial charge on any atom is 0.282 e. The fourth-order valence-electron chi connectivity index (χ4n) is 2.83. The van der Waals surface area contributed by atoms with Crippen LogP contribution in [0.1, 0.15) is 24.2 Å². The van der Waals surface area contributed by atoms with Gasteiger partial charge in [0.2, 0.25) is 5.91 Å². The maximum atomic E-state index is 12.5. The average molecular weight is 398 g/mol. The fraction of sp³-hybridized carbons (Fsp3) is 0.529. The summed E-state index contributed by atoms with van der Waals surface area (Å²) in [6, 6.07) is 6.20. The number of carbonyl (C=O) groups excluding carboxylic acids is 2. The third kappa shape index (κ3) is 5.18. The van der Waals surface area contributed by atoms with E-state index in [-0.39, 0.29) is 25.6 Å². The highest BCUT2D eigenvalue weighted by Crippen LogP contribution is 2.14. The van der Waals surface area contributed by atoms with Crippen molar-refractivity contribution in [1.29, 1.82) is 0 Å². The Hall–Kier alpha value is -2.17. The molecule has 0 aliphatic carbocycles. The smallest absolute Gasteiger partial charge is 0.282 e. The van der Waals surface area contributed by atoms with Crippen molar-refractivity contribution in [1.82, 2.24) is 13.5 Å². The van der Waals surface area contributed by atoms with Crippen LogP contribution in [0.5, 0.6) is 5.75 Å². The van der Waals surface area contributed by atoms with E-state index < -0.39 is 16.1 Å². The zero-order valence-corrected chi connectivity index (χ0v) is 16.4. The number of primary amides is 1. The molecule has 0 atom stereocenters. The molecule has 10 heteroatoms. The van der Waals surface area contributed by atoms with E-state index in [1.807, 2.05) is 0 Å². The Bertz CT molecular complexity index is 754. The van der Waals surface area contributed by atoms with Crippen LogP contribution < -0.4 is 10.5 Å². The second kappa shape index (κ2) is 9.16. The number of nitrogens with zero attached hydrogens (tertiary/aromatic N) is 3. The molecule has 2 rings (SSSR count). The molecular weight excluding hydrogens is 372 g/mol. The standard InChI is InChI=1S/C17H26N4O5S/c1-3-20(4-2)27(24,25)21-11-9-19(10-12-21)16(22)13-26-15-7-5-14(6-8-15)17(18)23/h5-8H,3-4,9-13H2,1-2H3,(H2,18,23). The molecule has 1 aliphatic heterocycles. The molecule has 0 unspecified atom stereocenters. The van der Waals surface area contributed by atoms with Crippen molar-refractivity contribution in [3.8, 4) is 5.75 Å². The van der Waals surface area contributed by atoms with Crippen LogP contribution in [0.2, 0.25) is 0 Å². The van der Waals surface area contributed by atoms with Crippen molar-refractivity contribution >= 4 is 22.0 Å². The predicted molar refractivity (Wildman–Crippen MR) is 100 cm³/mol. The van der Waals surface area contributed by atoms with Crippen LogP contribution in [0.15, 0.2) is 24.3 Å². The topological polar surface area (TPSA) is 113 Å². The largest absolute Gasteiger partial charge is 0.484 e. The monoisotopic (exact) mass is 398 g/mol. The van der Waals surface area contributed by atoms with Crippen LogP contribution in [0.4, 0.5) is 0 Å². The van der Waals surface area contributed by atoms with Gasteiger partial charge in [-0.25, -0.2) is 0 Å². The number of hydrogen-bond acceptors (Lipinski definition) is 5. The highest BCUT2D eigenvalue weighted by atomic mass is 32.2. The molecule has 1 aliphatic rings. The Morgan fingerprint density at radius 3 is 2.11 bits per heavy atom. The molecule has 9 nitrogen and oxygen atoms in total. The van der Waals surface area contributed by atoms with E-state index in [2.05, 4.69) is 0 Å². The number of benzene rings is 1. The number of piperazine rings is 1. The van der Waals surface area contributed by atoms with Gasteiger partial charge in [0, 0.05) is 44.8 Å². The van der Waals surface area contributed by atoms with E-state index in [9.17, 15) is 18.0 Å². The lowest BCUT2D eigenvalue weighted by Gasteiger charge is -2.36. The summed E-state index contributed by atoms with van der Waals surface area (Å²) in [5, 5.41) is 0. The summed E-state index contributed by atoms with van der Waals surface area (Å²) in [7, 11) is -3.48. The highest BCUT2D eigenvalue weighted by molar-refractivity contribution is 7.86. The third-order valence-electron chi connectivity index (χ3n) is 4.45. The number of nitrogens with two attached hydrogens (primary N) is 1. The first-order valence-electron chi connectivity index (χ1n) is 8.85. The van der Waals surface area contributed by atoms with Gasteiger partial charge in [0.1, 0.15) is 5.75 Å². The van der Waals surface area contributed by atoms with E-state index in [0.29, 0.717) is 37.5 Å². The number of rotatable bonds is 8. The first-order valence-corrected chi connectivity index (χ1v) is 10.2. The molecule has 1 aromatic rings. The minimum Gasteiger partial charge on any atom is -0.484 e. The lowest BCUT2D eigenvalue weighted by Crippen LogP contribution is -2.54. The summed E-state index contributed by atoms with van der Waals surface area (Å²) in [4.78, 5) is 24.9. The van der Waals surface area contributed by atoms with Gasteiger partial charge in [0.25, 0.3) is 16.1 Å². The van der Waals surface area contributed by atoms with Gasteiger partial charge < -0.3 is 15.4 Å². The van der Waals surface area contributed by atoms with Crippen LogP contribution in [0, 0.1) is 0 Å². The Balaban J connectivity index is 1.85. The van der Waals surface area contributed by atoms with Gasteiger partial charge in [-0.1, -0.05) is 13.8 Å². The molecule has 1 heterocycles. The van der Waals surface area contributed by atoms with Gasteiger partial charge in [-0.3, -0.25) is 9.59 Å². The zero-order chi connectivity index (χ0) is 20.0. The van der Waals surface area contributed by atoms with Gasteiger partial charge >= 0.3 is 0 Å². The molecule has 1 aromatic carbocycles. The van der Waals surface area contributed by atoms with Gasteiger partial charge in [-0.2, -0.15) is 17.0 Å². The summed E-state index contributed by atoms with van der Waals surface area (Å²) in [5.74, 6) is -0.292. The highest BCUT2D eigenvalue weighted by Gasteiger charge is 2.32. The van der Waals surface area contributed by atoms with E-state index in [1.165, 1.54) is 20.7 Å². The molecule has 1 fully saturated rings. The van der Waals surface area contributed by atoms with E-state index in [0.717, 1.165) is 0 Å². The summed E-state index contributed by atoms with van der Waals surface area (Å²) in [5.41, 5.74) is 5.53. The average Bonchev–Trinajstić information content (AvgIpc) is 2.67. The summed E-state index contributed by atoms with van der Waals surface area (Å²) in [6.07, 6.45) is 0. The van der Waals surface area contributed by atoms with Crippen LogP contribution in [0.3, 0.4) is 0 Å². The van der Waals surface area contributed by atoms with Crippen molar-refractivity contribution < 1.29 is 22.7 Å². The van der Waals surface area contributed by atoms with Gasteiger partial charge in [0.05, 0.1) is 0 Å². The van der Waals surface area contributed by atoms with E-state index >= 15 is 0 Å². The number of ether oxygens (including phenoxy) is 1. The Labute approximate surface area is 159 Å². The van der Waals surface area contributed by atoms with Crippen molar-refractivity contribution in [3.63, 3.8) is 0 Å². The summed E-state index contributed by atoms with van der Waals surface area (Å²) in [6.45, 7) is 5.45. The lowest BCUT2D eigenvalue weighted by atomic mass is 10.2. The van der Waals surface area contributed by atoms with Crippen LogP contribution in [-0.2, 0) is 15.0 Å². The molecule has 0 radical (unpaired) electrons. The predicted octanol–water partition coefficient (Wildman–Crippen LogP) is -0.105. The molecule has 0 saturated carbocycles. The lowest BCUT2D eigenvalue weighted by molar-refractivity contribution is -0.134. The molecule has 150 valence electrons. The van der Waals surface area contributed by atoms with Crippen LogP contribution in [-0.4, -0.2) is 79.6 Å². The quantitative estimate of drug-likeness (QED) is 0.657. The fourth-order valence-corrected chi connectivity index (χ4v) is 4.44. The minimum atomic E-state index is -3.48. The summed E-state index contributed by atoms with van der Waals surface area (Å²) >= 11 is 0. The maximum absolute atomic E-state index is 12.5.